The molecule has 2 rings (SSSR count). The number of amides is 1. The molecule has 6 heteroatoms. The summed E-state index contributed by atoms with van der Waals surface area (Å²) in [6, 6.07) is 10.4. The fourth-order valence-corrected chi connectivity index (χ4v) is 2.29. The Hall–Kier alpha value is -2.89. The van der Waals surface area contributed by atoms with Crippen molar-refractivity contribution in [3.05, 3.63) is 42.0 Å². The lowest BCUT2D eigenvalue weighted by Crippen LogP contribution is -2.14. The molecule has 1 N–H and O–H groups in total. The van der Waals surface area contributed by atoms with Crippen LogP contribution in [-0.2, 0) is 0 Å². The topological polar surface area (TPSA) is 66.0 Å². The van der Waals surface area contributed by atoms with Crippen LogP contribution in [0, 0.1) is 0 Å². The summed E-state index contributed by atoms with van der Waals surface area (Å²) in [5.74, 6) is 1.64. The number of methoxy groups -OCH3 is 3. The van der Waals surface area contributed by atoms with Gasteiger partial charge in [-0.3, -0.25) is 4.79 Å². The van der Waals surface area contributed by atoms with Crippen LogP contribution in [0.15, 0.2) is 36.4 Å². The van der Waals surface area contributed by atoms with Crippen LogP contribution in [0.3, 0.4) is 0 Å². The van der Waals surface area contributed by atoms with Gasteiger partial charge in [0.2, 0.25) is 5.75 Å². The molecule has 0 aromatic heterocycles. The van der Waals surface area contributed by atoms with Crippen molar-refractivity contribution in [3.63, 3.8) is 0 Å². The Kier molecular flexibility index (Phi) is 5.89. The predicted octanol–water partition coefficient (Wildman–Crippen LogP) is 3.36. The molecule has 0 fully saturated rings. The summed E-state index contributed by atoms with van der Waals surface area (Å²) < 4.78 is 21.3. The minimum atomic E-state index is -0.284. The van der Waals surface area contributed by atoms with E-state index in [1.165, 1.54) is 21.3 Å². The van der Waals surface area contributed by atoms with Crippen molar-refractivity contribution >= 4 is 11.6 Å². The Morgan fingerprint density at radius 2 is 1.58 bits per heavy atom. The number of carbonyl (C=O) groups excluding carboxylic acids is 1. The fraction of sp³-hybridized carbons (Fsp3) is 0.278. The molecule has 0 unspecified atom stereocenters. The second-order valence-corrected chi connectivity index (χ2v) is 4.80. The smallest absolute Gasteiger partial charge is 0.259 e. The molecule has 0 spiro atoms. The van der Waals surface area contributed by atoms with Crippen molar-refractivity contribution in [2.75, 3.05) is 33.3 Å². The monoisotopic (exact) mass is 331 g/mol. The summed E-state index contributed by atoms with van der Waals surface area (Å²) in [6.07, 6.45) is 0. The fourth-order valence-electron chi connectivity index (χ4n) is 2.29. The van der Waals surface area contributed by atoms with E-state index in [1.807, 2.05) is 13.0 Å². The maximum atomic E-state index is 12.6. The second kappa shape index (κ2) is 8.10. The second-order valence-electron chi connectivity index (χ2n) is 4.80. The molecule has 24 heavy (non-hydrogen) atoms. The van der Waals surface area contributed by atoms with Crippen LogP contribution in [-0.4, -0.2) is 33.8 Å². The van der Waals surface area contributed by atoms with E-state index >= 15 is 0 Å². The molecular formula is C18H21NO5. The normalized spacial score (nSPS) is 10.0. The molecule has 0 saturated carbocycles. The Bertz CT molecular complexity index is 689. The zero-order chi connectivity index (χ0) is 17.5. The average Bonchev–Trinajstić information content (AvgIpc) is 2.61. The van der Waals surface area contributed by atoms with E-state index in [-0.39, 0.29) is 5.91 Å². The summed E-state index contributed by atoms with van der Waals surface area (Å²) in [7, 11) is 4.57. The Morgan fingerprint density at radius 3 is 2.12 bits per heavy atom. The van der Waals surface area contributed by atoms with E-state index in [1.54, 1.807) is 30.3 Å². The number of nitrogens with one attached hydrogen (secondary N) is 1. The van der Waals surface area contributed by atoms with Gasteiger partial charge in [-0.2, -0.15) is 0 Å². The Labute approximate surface area is 141 Å². The molecule has 2 aromatic rings. The third kappa shape index (κ3) is 3.71. The number of benzene rings is 2. The maximum Gasteiger partial charge on any atom is 0.259 e. The van der Waals surface area contributed by atoms with E-state index in [0.29, 0.717) is 40.9 Å². The van der Waals surface area contributed by atoms with Crippen molar-refractivity contribution in [1.29, 1.82) is 0 Å². The van der Waals surface area contributed by atoms with Gasteiger partial charge in [-0.15, -0.1) is 0 Å². The number of carbonyl (C=O) groups is 1. The van der Waals surface area contributed by atoms with Crippen LogP contribution in [0.1, 0.15) is 17.3 Å². The van der Waals surface area contributed by atoms with Gasteiger partial charge < -0.3 is 24.3 Å². The zero-order valence-corrected chi connectivity index (χ0v) is 14.2. The molecule has 0 aliphatic carbocycles. The summed E-state index contributed by atoms with van der Waals surface area (Å²) in [6.45, 7) is 2.35. The standard InChI is InChI=1S/C18H21NO5/c1-5-24-14-9-7-6-8-13(14)18(20)19-12-10-15(21-2)17(23-4)16(11-12)22-3/h6-11H,5H2,1-4H3,(H,19,20). The van der Waals surface area contributed by atoms with Gasteiger partial charge in [0.15, 0.2) is 11.5 Å². The molecular weight excluding hydrogens is 310 g/mol. The van der Waals surface area contributed by atoms with Gasteiger partial charge in [-0.25, -0.2) is 0 Å². The van der Waals surface area contributed by atoms with E-state index in [2.05, 4.69) is 5.32 Å². The molecule has 0 heterocycles. The first-order valence-electron chi connectivity index (χ1n) is 7.47. The van der Waals surface area contributed by atoms with E-state index in [0.717, 1.165) is 0 Å². The highest BCUT2D eigenvalue weighted by atomic mass is 16.5. The predicted molar refractivity (Wildman–Crippen MR) is 91.7 cm³/mol. The first-order valence-corrected chi connectivity index (χ1v) is 7.47. The lowest BCUT2D eigenvalue weighted by Gasteiger charge is -2.15. The van der Waals surface area contributed by atoms with Gasteiger partial charge in [0.25, 0.3) is 5.91 Å². The molecule has 6 nitrogen and oxygen atoms in total. The van der Waals surface area contributed by atoms with E-state index in [9.17, 15) is 4.79 Å². The van der Waals surface area contributed by atoms with Gasteiger partial charge in [-0.05, 0) is 19.1 Å². The van der Waals surface area contributed by atoms with Crippen molar-refractivity contribution in [3.8, 4) is 23.0 Å². The van der Waals surface area contributed by atoms with Crippen molar-refractivity contribution in [1.82, 2.24) is 0 Å². The Morgan fingerprint density at radius 1 is 0.958 bits per heavy atom. The van der Waals surface area contributed by atoms with Crippen molar-refractivity contribution in [2.45, 2.75) is 6.92 Å². The molecule has 1 amide bonds. The molecule has 0 atom stereocenters. The molecule has 0 aliphatic rings. The highest BCUT2D eigenvalue weighted by molar-refractivity contribution is 6.06. The minimum absolute atomic E-state index is 0.284. The van der Waals surface area contributed by atoms with Crippen LogP contribution in [0.4, 0.5) is 5.69 Å². The number of anilines is 1. The first-order chi connectivity index (χ1) is 11.6. The van der Waals surface area contributed by atoms with Gasteiger partial charge in [0, 0.05) is 17.8 Å². The quantitative estimate of drug-likeness (QED) is 0.843. The van der Waals surface area contributed by atoms with Gasteiger partial charge >= 0.3 is 0 Å². The molecule has 0 saturated heterocycles. The number of hydrogen-bond donors (Lipinski definition) is 1. The number of ether oxygens (including phenoxy) is 4. The van der Waals surface area contributed by atoms with Crippen LogP contribution >= 0.6 is 0 Å². The van der Waals surface area contributed by atoms with Gasteiger partial charge in [0.1, 0.15) is 5.75 Å². The van der Waals surface area contributed by atoms with Gasteiger partial charge in [-0.1, -0.05) is 12.1 Å². The number of rotatable bonds is 7. The molecule has 2 aromatic carbocycles. The lowest BCUT2D eigenvalue weighted by molar-refractivity contribution is 0.102. The summed E-state index contributed by atoms with van der Waals surface area (Å²) in [5, 5.41) is 2.82. The zero-order valence-electron chi connectivity index (χ0n) is 14.2. The maximum absolute atomic E-state index is 12.6. The molecule has 0 radical (unpaired) electrons. The third-order valence-electron chi connectivity index (χ3n) is 3.35. The number of para-hydroxylation sites is 1. The highest BCUT2D eigenvalue weighted by Gasteiger charge is 2.16. The largest absolute Gasteiger partial charge is 0.493 e. The van der Waals surface area contributed by atoms with E-state index in [4.69, 9.17) is 18.9 Å². The SMILES string of the molecule is CCOc1ccccc1C(=O)Nc1cc(OC)c(OC)c(OC)c1. The number of hydrogen-bond acceptors (Lipinski definition) is 5. The van der Waals surface area contributed by atoms with Crippen LogP contribution in [0.2, 0.25) is 0 Å². The Balaban J connectivity index is 2.32. The lowest BCUT2D eigenvalue weighted by atomic mass is 10.1. The first kappa shape index (κ1) is 17.5. The highest BCUT2D eigenvalue weighted by Crippen LogP contribution is 2.40. The van der Waals surface area contributed by atoms with Crippen LogP contribution < -0.4 is 24.3 Å². The average molecular weight is 331 g/mol. The van der Waals surface area contributed by atoms with Crippen molar-refractivity contribution < 1.29 is 23.7 Å². The van der Waals surface area contributed by atoms with Crippen LogP contribution in [0.5, 0.6) is 23.0 Å². The summed E-state index contributed by atoms with van der Waals surface area (Å²) in [5.41, 5.74) is 0.980. The van der Waals surface area contributed by atoms with Crippen molar-refractivity contribution in [2.24, 2.45) is 0 Å². The summed E-state index contributed by atoms with van der Waals surface area (Å²) in [4.78, 5) is 12.6. The molecule has 0 bridgehead atoms. The van der Waals surface area contributed by atoms with E-state index < -0.39 is 0 Å². The third-order valence-corrected chi connectivity index (χ3v) is 3.35. The van der Waals surface area contributed by atoms with Gasteiger partial charge in [0.05, 0.1) is 33.5 Å². The summed E-state index contributed by atoms with van der Waals surface area (Å²) >= 11 is 0. The molecule has 128 valence electrons. The molecule has 0 aliphatic heterocycles. The minimum Gasteiger partial charge on any atom is -0.493 e. The van der Waals surface area contributed by atoms with Crippen LogP contribution in [0.25, 0.3) is 0 Å².